The SMILES string of the molecule is Cc1ccc(C2=NN3C(C2)c2cc(Br)ccc2OC3c2cccc(F)c2)o1. The molecule has 2 unspecified atom stereocenters. The van der Waals surface area contributed by atoms with Crippen LogP contribution in [0.15, 0.2) is 68.6 Å². The fraction of sp³-hybridized carbons (Fsp3) is 0.190. The molecule has 136 valence electrons. The molecule has 0 radical (unpaired) electrons. The van der Waals surface area contributed by atoms with E-state index in [2.05, 4.69) is 22.0 Å². The lowest BCUT2D eigenvalue weighted by Crippen LogP contribution is -2.33. The molecule has 2 aromatic carbocycles. The first kappa shape index (κ1) is 16.6. The Morgan fingerprint density at radius 1 is 1.15 bits per heavy atom. The number of halogens is 2. The third-order valence-electron chi connectivity index (χ3n) is 4.91. The zero-order valence-electron chi connectivity index (χ0n) is 14.5. The van der Waals surface area contributed by atoms with E-state index in [-0.39, 0.29) is 11.9 Å². The predicted octanol–water partition coefficient (Wildman–Crippen LogP) is 5.73. The van der Waals surface area contributed by atoms with Crippen molar-refractivity contribution in [2.45, 2.75) is 25.6 Å². The van der Waals surface area contributed by atoms with Gasteiger partial charge in [-0.2, -0.15) is 5.10 Å². The van der Waals surface area contributed by atoms with Gasteiger partial charge in [0.05, 0.1) is 6.04 Å². The van der Waals surface area contributed by atoms with E-state index in [9.17, 15) is 4.39 Å². The molecule has 0 fully saturated rings. The summed E-state index contributed by atoms with van der Waals surface area (Å²) in [7, 11) is 0. The Bertz CT molecular complexity index is 1060. The number of furan rings is 1. The molecule has 3 aromatic rings. The second-order valence-corrected chi connectivity index (χ2v) is 7.68. The molecule has 3 heterocycles. The highest BCUT2D eigenvalue weighted by atomic mass is 79.9. The van der Waals surface area contributed by atoms with Gasteiger partial charge in [-0.05, 0) is 49.4 Å². The maximum absolute atomic E-state index is 13.8. The summed E-state index contributed by atoms with van der Waals surface area (Å²) in [6, 6.07) is 16.3. The number of hydrogen-bond donors (Lipinski definition) is 0. The van der Waals surface area contributed by atoms with Gasteiger partial charge in [0.25, 0.3) is 0 Å². The minimum Gasteiger partial charge on any atom is -0.464 e. The number of rotatable bonds is 2. The van der Waals surface area contributed by atoms with E-state index < -0.39 is 6.23 Å². The summed E-state index contributed by atoms with van der Waals surface area (Å²) in [5.74, 6) is 2.11. The number of nitrogens with zero attached hydrogens (tertiary/aromatic N) is 2. The van der Waals surface area contributed by atoms with E-state index in [4.69, 9.17) is 14.3 Å². The molecule has 5 rings (SSSR count). The average molecular weight is 427 g/mol. The lowest BCUT2D eigenvalue weighted by Gasteiger charge is -2.38. The maximum atomic E-state index is 13.8. The molecule has 0 saturated heterocycles. The Hall–Kier alpha value is -2.60. The fourth-order valence-corrected chi connectivity index (χ4v) is 4.06. The summed E-state index contributed by atoms with van der Waals surface area (Å²) >= 11 is 3.54. The van der Waals surface area contributed by atoms with Gasteiger partial charge in [0.1, 0.15) is 28.8 Å². The van der Waals surface area contributed by atoms with Crippen molar-refractivity contribution in [3.05, 3.63) is 87.5 Å². The van der Waals surface area contributed by atoms with Gasteiger partial charge in [-0.3, -0.25) is 0 Å². The van der Waals surface area contributed by atoms with Crippen LogP contribution in [-0.2, 0) is 0 Å². The summed E-state index contributed by atoms with van der Waals surface area (Å²) in [5, 5.41) is 6.72. The van der Waals surface area contributed by atoms with E-state index in [1.807, 2.05) is 42.3 Å². The lowest BCUT2D eigenvalue weighted by atomic mass is 9.97. The van der Waals surface area contributed by atoms with Gasteiger partial charge in [0.2, 0.25) is 6.23 Å². The van der Waals surface area contributed by atoms with Crippen molar-refractivity contribution in [1.82, 2.24) is 5.01 Å². The molecule has 0 amide bonds. The molecule has 1 aromatic heterocycles. The first-order chi connectivity index (χ1) is 13.1. The second kappa shape index (κ2) is 6.23. The van der Waals surface area contributed by atoms with Crippen LogP contribution in [0.25, 0.3) is 0 Å². The lowest BCUT2D eigenvalue weighted by molar-refractivity contribution is -0.0192. The van der Waals surface area contributed by atoms with Crippen molar-refractivity contribution in [2.75, 3.05) is 0 Å². The molecule has 27 heavy (non-hydrogen) atoms. The smallest absolute Gasteiger partial charge is 0.213 e. The number of hydrogen-bond acceptors (Lipinski definition) is 4. The summed E-state index contributed by atoms with van der Waals surface area (Å²) in [6.07, 6.45) is 0.207. The Morgan fingerprint density at radius 2 is 2.04 bits per heavy atom. The molecular formula is C21H16BrFN2O2. The molecule has 0 aliphatic carbocycles. The van der Waals surface area contributed by atoms with E-state index in [1.54, 1.807) is 6.07 Å². The largest absolute Gasteiger partial charge is 0.464 e. The Labute approximate surface area is 164 Å². The van der Waals surface area contributed by atoms with Crippen LogP contribution < -0.4 is 4.74 Å². The van der Waals surface area contributed by atoms with Crippen molar-refractivity contribution in [3.8, 4) is 5.75 Å². The highest BCUT2D eigenvalue weighted by Crippen LogP contribution is 2.48. The molecular weight excluding hydrogens is 411 g/mol. The van der Waals surface area contributed by atoms with Gasteiger partial charge in [-0.15, -0.1) is 0 Å². The monoisotopic (exact) mass is 426 g/mol. The minimum absolute atomic E-state index is 0.0000709. The van der Waals surface area contributed by atoms with Crippen LogP contribution in [-0.4, -0.2) is 10.7 Å². The quantitative estimate of drug-likeness (QED) is 0.524. The number of ether oxygens (including phenoxy) is 1. The summed E-state index contributed by atoms with van der Waals surface area (Å²) in [4.78, 5) is 0. The highest BCUT2D eigenvalue weighted by Gasteiger charge is 2.41. The molecule has 2 aliphatic heterocycles. The zero-order chi connectivity index (χ0) is 18.5. The van der Waals surface area contributed by atoms with Crippen LogP contribution in [0.5, 0.6) is 5.75 Å². The molecule has 2 atom stereocenters. The Balaban J connectivity index is 1.62. The molecule has 2 aliphatic rings. The van der Waals surface area contributed by atoms with Crippen LogP contribution in [0, 0.1) is 12.7 Å². The third-order valence-corrected chi connectivity index (χ3v) is 5.40. The van der Waals surface area contributed by atoms with E-state index in [1.165, 1.54) is 12.1 Å². The second-order valence-electron chi connectivity index (χ2n) is 6.76. The predicted molar refractivity (Wildman–Crippen MR) is 103 cm³/mol. The number of benzene rings is 2. The van der Waals surface area contributed by atoms with Gasteiger partial charge >= 0.3 is 0 Å². The number of fused-ring (bicyclic) bond motifs is 3. The minimum atomic E-state index is -0.493. The molecule has 0 bridgehead atoms. The van der Waals surface area contributed by atoms with E-state index >= 15 is 0 Å². The first-order valence-electron chi connectivity index (χ1n) is 8.73. The van der Waals surface area contributed by atoms with Crippen LogP contribution in [0.3, 0.4) is 0 Å². The number of aryl methyl sites for hydroxylation is 1. The fourth-order valence-electron chi connectivity index (χ4n) is 3.68. The maximum Gasteiger partial charge on any atom is 0.213 e. The van der Waals surface area contributed by atoms with Crippen molar-refractivity contribution in [2.24, 2.45) is 5.10 Å². The molecule has 0 saturated carbocycles. The normalized spacial score (nSPS) is 20.7. The average Bonchev–Trinajstić information content (AvgIpc) is 3.27. The summed E-state index contributed by atoms with van der Waals surface area (Å²) < 4.78 is 26.8. The third kappa shape index (κ3) is 2.84. The van der Waals surface area contributed by atoms with Gasteiger partial charge in [0.15, 0.2) is 0 Å². The van der Waals surface area contributed by atoms with Crippen molar-refractivity contribution >= 4 is 21.6 Å². The van der Waals surface area contributed by atoms with Gasteiger partial charge in [-0.1, -0.05) is 28.1 Å². The first-order valence-corrected chi connectivity index (χ1v) is 9.52. The van der Waals surface area contributed by atoms with Crippen LogP contribution in [0.4, 0.5) is 4.39 Å². The van der Waals surface area contributed by atoms with Crippen molar-refractivity contribution < 1.29 is 13.5 Å². The molecule has 4 nitrogen and oxygen atoms in total. The topological polar surface area (TPSA) is 38.0 Å². The highest BCUT2D eigenvalue weighted by molar-refractivity contribution is 9.10. The van der Waals surface area contributed by atoms with E-state index in [0.29, 0.717) is 6.42 Å². The standard InChI is InChI=1S/C21H16BrFN2O2/c1-12-5-7-20(26-12)17-11-18-16-10-14(22)6-8-19(16)27-21(25(18)24-17)13-3-2-4-15(23)9-13/h2-10,18,21H,11H2,1H3. The van der Waals surface area contributed by atoms with Crippen LogP contribution in [0.1, 0.15) is 41.3 Å². The number of hydrazone groups is 1. The summed E-state index contributed by atoms with van der Waals surface area (Å²) in [5.41, 5.74) is 2.65. The summed E-state index contributed by atoms with van der Waals surface area (Å²) in [6.45, 7) is 1.91. The van der Waals surface area contributed by atoms with Crippen molar-refractivity contribution in [1.29, 1.82) is 0 Å². The van der Waals surface area contributed by atoms with Crippen LogP contribution in [0.2, 0.25) is 0 Å². The van der Waals surface area contributed by atoms with Crippen LogP contribution >= 0.6 is 15.9 Å². The van der Waals surface area contributed by atoms with Gasteiger partial charge in [-0.25, -0.2) is 9.40 Å². The molecule has 0 N–H and O–H groups in total. The van der Waals surface area contributed by atoms with Gasteiger partial charge in [0, 0.05) is 22.0 Å². The van der Waals surface area contributed by atoms with Gasteiger partial charge < -0.3 is 9.15 Å². The molecule has 6 heteroatoms. The Kier molecular flexibility index (Phi) is 3.82. The van der Waals surface area contributed by atoms with Crippen molar-refractivity contribution in [3.63, 3.8) is 0 Å². The molecule has 0 spiro atoms. The zero-order valence-corrected chi connectivity index (χ0v) is 16.1. The van der Waals surface area contributed by atoms with E-state index in [0.717, 1.165) is 38.6 Å². The Morgan fingerprint density at radius 3 is 2.81 bits per heavy atom.